The molecule has 1 heterocycles. The fraction of sp³-hybridized carbons (Fsp3) is 0.467. The quantitative estimate of drug-likeness (QED) is 0.898. The molecule has 2 aliphatic rings. The molecule has 0 radical (unpaired) electrons. The van der Waals surface area contributed by atoms with Crippen LogP contribution in [0.15, 0.2) is 24.3 Å². The van der Waals surface area contributed by atoms with Crippen molar-refractivity contribution in [2.75, 3.05) is 0 Å². The van der Waals surface area contributed by atoms with Crippen LogP contribution in [0, 0.1) is 11.8 Å². The Labute approximate surface area is 111 Å². The van der Waals surface area contributed by atoms with E-state index >= 15 is 0 Å². The van der Waals surface area contributed by atoms with Crippen molar-refractivity contribution in [1.82, 2.24) is 9.97 Å². The van der Waals surface area contributed by atoms with E-state index in [-0.39, 0.29) is 6.10 Å². The highest BCUT2D eigenvalue weighted by Gasteiger charge is 2.42. The van der Waals surface area contributed by atoms with Crippen molar-refractivity contribution < 1.29 is 9.53 Å². The number of hydrogen-bond acceptors (Lipinski definition) is 3. The summed E-state index contributed by atoms with van der Waals surface area (Å²) in [6.07, 6.45) is 3.71. The van der Waals surface area contributed by atoms with Gasteiger partial charge in [-0.3, -0.25) is 4.79 Å². The minimum atomic E-state index is 0.212. The van der Waals surface area contributed by atoms with Crippen LogP contribution in [-0.2, 0) is 4.79 Å². The Morgan fingerprint density at radius 3 is 2.63 bits per heavy atom. The first-order valence-corrected chi connectivity index (χ1v) is 6.91. The second-order valence-corrected chi connectivity index (χ2v) is 5.74. The number of aromatic nitrogens is 2. The Morgan fingerprint density at radius 1 is 1.16 bits per heavy atom. The van der Waals surface area contributed by atoms with Crippen LogP contribution in [0.25, 0.3) is 11.0 Å². The van der Waals surface area contributed by atoms with E-state index in [0.717, 1.165) is 36.7 Å². The molecule has 98 valence electrons. The summed E-state index contributed by atoms with van der Waals surface area (Å²) in [7, 11) is 0. The van der Waals surface area contributed by atoms with E-state index < -0.39 is 0 Å². The van der Waals surface area contributed by atoms with Crippen molar-refractivity contribution in [1.29, 1.82) is 0 Å². The van der Waals surface area contributed by atoms with E-state index in [1.807, 2.05) is 24.3 Å². The number of Topliss-reactive ketones (excluding diaryl/α,β-unsaturated/α-hetero) is 1. The minimum absolute atomic E-state index is 0.212. The van der Waals surface area contributed by atoms with Crippen LogP contribution >= 0.6 is 0 Å². The zero-order valence-electron chi connectivity index (χ0n) is 10.6. The highest BCUT2D eigenvalue weighted by Crippen LogP contribution is 2.43. The number of aromatic amines is 1. The molecule has 0 bridgehead atoms. The molecule has 0 amide bonds. The van der Waals surface area contributed by atoms with Gasteiger partial charge in [-0.25, -0.2) is 0 Å². The topological polar surface area (TPSA) is 55.0 Å². The lowest BCUT2D eigenvalue weighted by molar-refractivity contribution is -0.117. The maximum absolute atomic E-state index is 11.4. The number of ketones is 1. The van der Waals surface area contributed by atoms with Gasteiger partial charge < -0.3 is 9.72 Å². The van der Waals surface area contributed by atoms with E-state index in [9.17, 15) is 4.79 Å². The Morgan fingerprint density at radius 2 is 1.89 bits per heavy atom. The van der Waals surface area contributed by atoms with Crippen LogP contribution in [0.1, 0.15) is 25.7 Å². The van der Waals surface area contributed by atoms with Gasteiger partial charge in [-0.2, -0.15) is 4.98 Å². The molecule has 2 atom stereocenters. The molecule has 4 rings (SSSR count). The average molecular weight is 256 g/mol. The van der Waals surface area contributed by atoms with Crippen LogP contribution < -0.4 is 4.74 Å². The number of hydrogen-bond donors (Lipinski definition) is 1. The van der Waals surface area contributed by atoms with Gasteiger partial charge in [0.1, 0.15) is 11.9 Å². The zero-order chi connectivity index (χ0) is 12.8. The van der Waals surface area contributed by atoms with Crippen LogP contribution in [0.4, 0.5) is 0 Å². The lowest BCUT2D eigenvalue weighted by Gasteiger charge is -2.11. The van der Waals surface area contributed by atoms with Gasteiger partial charge in [-0.05, 0) is 36.8 Å². The number of nitrogens with zero attached hydrogens (tertiary/aromatic N) is 1. The molecule has 2 saturated carbocycles. The van der Waals surface area contributed by atoms with Crippen LogP contribution in [0.5, 0.6) is 6.01 Å². The Balaban J connectivity index is 1.49. The number of nitrogens with one attached hydrogen (secondary N) is 1. The van der Waals surface area contributed by atoms with Crippen molar-refractivity contribution in [3.8, 4) is 6.01 Å². The molecular weight excluding hydrogens is 240 g/mol. The molecule has 1 aromatic carbocycles. The summed E-state index contributed by atoms with van der Waals surface area (Å²) in [6, 6.07) is 8.53. The molecule has 0 aliphatic heterocycles. The summed E-state index contributed by atoms with van der Waals surface area (Å²) in [5, 5.41) is 0. The summed E-state index contributed by atoms with van der Waals surface area (Å²) in [5.41, 5.74) is 1.94. The third-order valence-corrected chi connectivity index (χ3v) is 4.42. The highest BCUT2D eigenvalue weighted by atomic mass is 16.5. The zero-order valence-corrected chi connectivity index (χ0v) is 10.6. The molecule has 0 spiro atoms. The van der Waals surface area contributed by atoms with Crippen molar-refractivity contribution in [3.05, 3.63) is 24.3 Å². The minimum Gasteiger partial charge on any atom is -0.461 e. The number of fused-ring (bicyclic) bond motifs is 2. The van der Waals surface area contributed by atoms with Crippen LogP contribution in [0.2, 0.25) is 0 Å². The summed E-state index contributed by atoms with van der Waals surface area (Å²) in [6.45, 7) is 0. The molecule has 1 aromatic heterocycles. The standard InChI is InChI=1S/C15H16N2O2/c18-11-5-9-7-12(8-10(9)6-11)19-15-16-13-3-1-2-4-14(13)17-15/h1-4,9-10,12H,5-8H2,(H,16,17). The first-order chi connectivity index (χ1) is 9.28. The molecule has 4 heteroatoms. The summed E-state index contributed by atoms with van der Waals surface area (Å²) >= 11 is 0. The van der Waals surface area contributed by atoms with E-state index in [0.29, 0.717) is 23.6 Å². The van der Waals surface area contributed by atoms with Gasteiger partial charge in [0.05, 0.1) is 11.0 Å². The number of carbonyl (C=O) groups excluding carboxylic acids is 1. The number of ether oxygens (including phenoxy) is 1. The maximum Gasteiger partial charge on any atom is 0.294 e. The Hall–Kier alpha value is -1.84. The third-order valence-electron chi connectivity index (χ3n) is 4.42. The van der Waals surface area contributed by atoms with E-state index in [4.69, 9.17) is 4.74 Å². The van der Waals surface area contributed by atoms with Crippen molar-refractivity contribution in [3.63, 3.8) is 0 Å². The van der Waals surface area contributed by atoms with Gasteiger partial charge in [-0.1, -0.05) is 12.1 Å². The van der Waals surface area contributed by atoms with Gasteiger partial charge in [0.25, 0.3) is 6.01 Å². The molecule has 2 aromatic rings. The summed E-state index contributed by atoms with van der Waals surface area (Å²) in [4.78, 5) is 19.0. The molecule has 0 saturated heterocycles. The first-order valence-electron chi connectivity index (χ1n) is 6.91. The number of carbonyl (C=O) groups is 1. The van der Waals surface area contributed by atoms with Crippen LogP contribution in [0.3, 0.4) is 0 Å². The largest absolute Gasteiger partial charge is 0.461 e. The Bertz CT molecular complexity index is 585. The van der Waals surface area contributed by atoms with Gasteiger partial charge >= 0.3 is 0 Å². The fourth-order valence-corrected chi connectivity index (χ4v) is 3.56. The summed E-state index contributed by atoms with van der Waals surface area (Å²) in [5.74, 6) is 1.51. The highest BCUT2D eigenvalue weighted by molar-refractivity contribution is 5.81. The second-order valence-electron chi connectivity index (χ2n) is 5.74. The fourth-order valence-electron chi connectivity index (χ4n) is 3.56. The normalized spacial score (nSPS) is 29.9. The smallest absolute Gasteiger partial charge is 0.294 e. The number of rotatable bonds is 2. The van der Waals surface area contributed by atoms with Gasteiger partial charge in [0, 0.05) is 12.8 Å². The molecule has 4 nitrogen and oxygen atoms in total. The van der Waals surface area contributed by atoms with Crippen molar-refractivity contribution in [2.45, 2.75) is 31.8 Å². The molecule has 2 fully saturated rings. The predicted octanol–water partition coefficient (Wildman–Crippen LogP) is 2.70. The third kappa shape index (κ3) is 1.91. The lowest BCUT2D eigenvalue weighted by Crippen LogP contribution is -2.14. The number of para-hydroxylation sites is 2. The lowest BCUT2D eigenvalue weighted by atomic mass is 10.0. The summed E-state index contributed by atoms with van der Waals surface area (Å²) < 4.78 is 5.95. The second kappa shape index (κ2) is 4.08. The van der Waals surface area contributed by atoms with Gasteiger partial charge in [-0.15, -0.1) is 0 Å². The maximum atomic E-state index is 11.4. The first kappa shape index (κ1) is 11.0. The van der Waals surface area contributed by atoms with Gasteiger partial charge in [0.15, 0.2) is 0 Å². The molecule has 19 heavy (non-hydrogen) atoms. The molecule has 2 unspecified atom stereocenters. The number of benzene rings is 1. The molecule has 1 N–H and O–H groups in total. The number of imidazole rings is 1. The van der Waals surface area contributed by atoms with Crippen molar-refractivity contribution >= 4 is 16.8 Å². The van der Waals surface area contributed by atoms with E-state index in [2.05, 4.69) is 9.97 Å². The monoisotopic (exact) mass is 256 g/mol. The average Bonchev–Trinajstić information content (AvgIpc) is 3.00. The van der Waals surface area contributed by atoms with E-state index in [1.54, 1.807) is 0 Å². The SMILES string of the molecule is O=C1CC2CC(Oc3nc4ccccc4[nH]3)CC2C1. The van der Waals surface area contributed by atoms with Crippen LogP contribution in [-0.4, -0.2) is 21.9 Å². The predicted molar refractivity (Wildman–Crippen MR) is 71.0 cm³/mol. The van der Waals surface area contributed by atoms with E-state index in [1.165, 1.54) is 0 Å². The number of H-pyrrole nitrogens is 1. The molecular formula is C15H16N2O2. The van der Waals surface area contributed by atoms with Crippen molar-refractivity contribution in [2.24, 2.45) is 11.8 Å². The van der Waals surface area contributed by atoms with Gasteiger partial charge in [0.2, 0.25) is 0 Å². The Kier molecular flexibility index (Phi) is 2.37. The molecule has 2 aliphatic carbocycles.